The quantitative estimate of drug-likeness (QED) is 0.888. The van der Waals surface area contributed by atoms with Gasteiger partial charge in [0.15, 0.2) is 0 Å². The number of carbonyl (C=O) groups excluding carboxylic acids is 1. The molecular formula is C14H21N3O. The molecule has 0 unspecified atom stereocenters. The summed E-state index contributed by atoms with van der Waals surface area (Å²) in [6.07, 6.45) is 3.47. The number of carbonyl (C=O) groups is 1. The highest BCUT2D eigenvalue weighted by molar-refractivity contribution is 5.74. The minimum absolute atomic E-state index is 0.0329. The van der Waals surface area contributed by atoms with Crippen molar-refractivity contribution in [1.82, 2.24) is 15.2 Å². The van der Waals surface area contributed by atoms with Crippen LogP contribution in [0.3, 0.4) is 0 Å². The van der Waals surface area contributed by atoms with E-state index in [1.165, 1.54) is 6.42 Å². The lowest BCUT2D eigenvalue weighted by Crippen LogP contribution is -2.47. The molecule has 2 rings (SSSR count). The van der Waals surface area contributed by atoms with Gasteiger partial charge in [0.05, 0.1) is 12.2 Å². The fraction of sp³-hybridized carbons (Fsp3) is 0.571. The van der Waals surface area contributed by atoms with Crippen LogP contribution in [0, 0.1) is 6.92 Å². The van der Waals surface area contributed by atoms with Crippen molar-refractivity contribution in [2.24, 2.45) is 0 Å². The molecular weight excluding hydrogens is 226 g/mol. The molecule has 1 saturated carbocycles. The first kappa shape index (κ1) is 12.9. The van der Waals surface area contributed by atoms with Gasteiger partial charge < -0.3 is 10.2 Å². The highest BCUT2D eigenvalue weighted by atomic mass is 16.2. The van der Waals surface area contributed by atoms with Gasteiger partial charge in [-0.3, -0.25) is 4.98 Å². The summed E-state index contributed by atoms with van der Waals surface area (Å²) in [5.74, 6) is 0. The maximum absolute atomic E-state index is 12.1. The Labute approximate surface area is 108 Å². The van der Waals surface area contributed by atoms with Crippen molar-refractivity contribution in [3.63, 3.8) is 0 Å². The smallest absolute Gasteiger partial charge is 0.317 e. The summed E-state index contributed by atoms with van der Waals surface area (Å²) >= 11 is 0. The van der Waals surface area contributed by atoms with Crippen LogP contribution in [0.15, 0.2) is 18.2 Å². The van der Waals surface area contributed by atoms with Gasteiger partial charge in [0, 0.05) is 18.3 Å². The minimum Gasteiger partial charge on any atom is -0.335 e. The van der Waals surface area contributed by atoms with Crippen LogP contribution >= 0.6 is 0 Å². The minimum atomic E-state index is 0.0329. The second-order valence-electron chi connectivity index (χ2n) is 4.86. The largest absolute Gasteiger partial charge is 0.335 e. The zero-order valence-electron chi connectivity index (χ0n) is 11.1. The number of nitrogens with zero attached hydrogens (tertiary/aromatic N) is 2. The average molecular weight is 247 g/mol. The molecule has 0 aromatic carbocycles. The molecule has 18 heavy (non-hydrogen) atoms. The second-order valence-corrected chi connectivity index (χ2v) is 4.86. The van der Waals surface area contributed by atoms with Crippen LogP contribution in [0.1, 0.15) is 37.6 Å². The molecule has 0 bridgehead atoms. The van der Waals surface area contributed by atoms with Crippen LogP contribution in [0.5, 0.6) is 0 Å². The monoisotopic (exact) mass is 247 g/mol. The normalized spacial score (nSPS) is 15.0. The number of urea groups is 1. The van der Waals surface area contributed by atoms with Crippen molar-refractivity contribution in [1.29, 1.82) is 0 Å². The summed E-state index contributed by atoms with van der Waals surface area (Å²) in [5.41, 5.74) is 1.93. The number of nitrogens with one attached hydrogen (secondary N) is 1. The fourth-order valence-corrected chi connectivity index (χ4v) is 2.03. The number of amides is 2. The van der Waals surface area contributed by atoms with Crippen LogP contribution in [0.2, 0.25) is 0 Å². The lowest BCUT2D eigenvalue weighted by Gasteiger charge is -2.30. The van der Waals surface area contributed by atoms with Crippen molar-refractivity contribution in [3.05, 3.63) is 29.6 Å². The van der Waals surface area contributed by atoms with Crippen LogP contribution in [-0.2, 0) is 6.54 Å². The van der Waals surface area contributed by atoms with Gasteiger partial charge in [0.2, 0.25) is 0 Å². The van der Waals surface area contributed by atoms with E-state index in [2.05, 4.69) is 10.3 Å². The van der Waals surface area contributed by atoms with E-state index in [9.17, 15) is 4.79 Å². The zero-order chi connectivity index (χ0) is 13.0. The molecule has 1 aromatic rings. The van der Waals surface area contributed by atoms with Gasteiger partial charge in [-0.05, 0) is 45.2 Å². The fourth-order valence-electron chi connectivity index (χ4n) is 2.03. The van der Waals surface area contributed by atoms with E-state index in [1.54, 1.807) is 4.90 Å². The van der Waals surface area contributed by atoms with Gasteiger partial charge in [-0.2, -0.15) is 0 Å². The van der Waals surface area contributed by atoms with E-state index in [1.807, 2.05) is 32.0 Å². The molecule has 0 spiro atoms. The van der Waals surface area contributed by atoms with Gasteiger partial charge >= 0.3 is 6.03 Å². The summed E-state index contributed by atoms with van der Waals surface area (Å²) in [4.78, 5) is 18.3. The summed E-state index contributed by atoms with van der Waals surface area (Å²) in [5, 5.41) is 3.06. The van der Waals surface area contributed by atoms with Crippen molar-refractivity contribution in [2.75, 3.05) is 6.54 Å². The Hall–Kier alpha value is -1.58. The Balaban J connectivity index is 1.93. The predicted molar refractivity (Wildman–Crippen MR) is 71.2 cm³/mol. The number of pyridine rings is 1. The first-order valence-corrected chi connectivity index (χ1v) is 6.67. The average Bonchev–Trinajstić information content (AvgIpc) is 2.30. The molecule has 1 aliphatic carbocycles. The van der Waals surface area contributed by atoms with E-state index in [0.717, 1.165) is 24.2 Å². The third kappa shape index (κ3) is 3.22. The van der Waals surface area contributed by atoms with Crippen LogP contribution in [-0.4, -0.2) is 28.5 Å². The molecule has 1 fully saturated rings. The van der Waals surface area contributed by atoms with Crippen LogP contribution < -0.4 is 5.32 Å². The second kappa shape index (κ2) is 5.85. The first-order chi connectivity index (χ1) is 8.69. The Morgan fingerprint density at radius 3 is 2.83 bits per heavy atom. The summed E-state index contributed by atoms with van der Waals surface area (Å²) in [7, 11) is 0. The summed E-state index contributed by atoms with van der Waals surface area (Å²) in [6.45, 7) is 5.25. The van der Waals surface area contributed by atoms with E-state index in [-0.39, 0.29) is 6.03 Å². The van der Waals surface area contributed by atoms with E-state index in [0.29, 0.717) is 19.1 Å². The predicted octanol–water partition coefficient (Wildman–Crippen LogP) is 2.47. The Kier molecular flexibility index (Phi) is 4.18. The Morgan fingerprint density at radius 2 is 2.28 bits per heavy atom. The molecule has 1 heterocycles. The van der Waals surface area contributed by atoms with Crippen molar-refractivity contribution in [2.45, 2.75) is 45.7 Å². The van der Waals surface area contributed by atoms with Crippen LogP contribution in [0.4, 0.5) is 4.79 Å². The lowest BCUT2D eigenvalue weighted by molar-refractivity contribution is 0.186. The SMILES string of the molecule is CCN(Cc1cccc(C)n1)C(=O)NC1CCC1. The molecule has 98 valence electrons. The molecule has 4 nitrogen and oxygen atoms in total. The van der Waals surface area contributed by atoms with Crippen molar-refractivity contribution in [3.8, 4) is 0 Å². The highest BCUT2D eigenvalue weighted by Crippen LogP contribution is 2.18. The van der Waals surface area contributed by atoms with Gasteiger partial charge in [-0.15, -0.1) is 0 Å². The van der Waals surface area contributed by atoms with E-state index >= 15 is 0 Å². The molecule has 0 aliphatic heterocycles. The number of hydrogen-bond donors (Lipinski definition) is 1. The van der Waals surface area contributed by atoms with Crippen LogP contribution in [0.25, 0.3) is 0 Å². The molecule has 2 amide bonds. The topological polar surface area (TPSA) is 45.2 Å². The maximum atomic E-state index is 12.1. The summed E-state index contributed by atoms with van der Waals surface area (Å²) < 4.78 is 0. The summed E-state index contributed by atoms with van der Waals surface area (Å²) in [6, 6.07) is 6.33. The Morgan fingerprint density at radius 1 is 1.50 bits per heavy atom. The third-order valence-corrected chi connectivity index (χ3v) is 3.40. The van der Waals surface area contributed by atoms with E-state index in [4.69, 9.17) is 0 Å². The lowest BCUT2D eigenvalue weighted by atomic mass is 9.93. The third-order valence-electron chi connectivity index (χ3n) is 3.40. The zero-order valence-corrected chi connectivity index (χ0v) is 11.1. The molecule has 0 saturated heterocycles. The molecule has 4 heteroatoms. The molecule has 0 atom stereocenters. The van der Waals surface area contributed by atoms with Gasteiger partial charge in [0.25, 0.3) is 0 Å². The van der Waals surface area contributed by atoms with Crippen molar-refractivity contribution < 1.29 is 4.79 Å². The van der Waals surface area contributed by atoms with Gasteiger partial charge in [-0.1, -0.05) is 6.07 Å². The number of hydrogen-bond acceptors (Lipinski definition) is 2. The number of aryl methyl sites for hydroxylation is 1. The number of aromatic nitrogens is 1. The Bertz CT molecular complexity index is 415. The maximum Gasteiger partial charge on any atom is 0.317 e. The van der Waals surface area contributed by atoms with Gasteiger partial charge in [-0.25, -0.2) is 4.79 Å². The highest BCUT2D eigenvalue weighted by Gasteiger charge is 2.22. The molecule has 0 radical (unpaired) electrons. The molecule has 1 aromatic heterocycles. The molecule has 1 aliphatic rings. The standard InChI is InChI=1S/C14H21N3O/c1-3-17(14(18)16-12-7-5-8-12)10-13-9-4-6-11(2)15-13/h4,6,9,12H,3,5,7-8,10H2,1-2H3,(H,16,18). The first-order valence-electron chi connectivity index (χ1n) is 6.67. The van der Waals surface area contributed by atoms with E-state index < -0.39 is 0 Å². The molecule has 1 N–H and O–H groups in total. The van der Waals surface area contributed by atoms with Crippen molar-refractivity contribution >= 4 is 6.03 Å². The van der Waals surface area contributed by atoms with Gasteiger partial charge in [0.1, 0.15) is 0 Å². The number of rotatable bonds is 4.